The summed E-state index contributed by atoms with van der Waals surface area (Å²) >= 11 is 0. The Bertz CT molecular complexity index is 2430. The fourth-order valence-electron chi connectivity index (χ4n) is 11.6. The highest BCUT2D eigenvalue weighted by molar-refractivity contribution is 5.42. The van der Waals surface area contributed by atoms with Gasteiger partial charge in [0, 0.05) is 0 Å². The van der Waals surface area contributed by atoms with Crippen LogP contribution in [0, 0.1) is 21.7 Å². The number of rotatable bonds is 20. The van der Waals surface area contributed by atoms with Gasteiger partial charge >= 0.3 is 0 Å². The van der Waals surface area contributed by atoms with Crippen molar-refractivity contribution < 1.29 is 0 Å². The van der Waals surface area contributed by atoms with E-state index in [0.29, 0.717) is 21.7 Å². The van der Waals surface area contributed by atoms with Crippen LogP contribution in [0.25, 0.3) is 0 Å². The molecule has 4 aliphatic carbocycles. The molecule has 0 heterocycles. The molecule has 0 bridgehead atoms. The van der Waals surface area contributed by atoms with E-state index in [-0.39, 0.29) is 0 Å². The van der Waals surface area contributed by atoms with Crippen molar-refractivity contribution in [1.82, 2.24) is 0 Å². The third-order valence-electron chi connectivity index (χ3n) is 16.8. The summed E-state index contributed by atoms with van der Waals surface area (Å²) < 4.78 is 0. The second kappa shape index (κ2) is 33.9. The average Bonchev–Trinajstić information content (AvgIpc) is 3.35. The Labute approximate surface area is 493 Å². The molecule has 0 saturated heterocycles. The van der Waals surface area contributed by atoms with E-state index in [0.717, 1.165) is 0 Å². The zero-order valence-corrected chi connectivity index (χ0v) is 54.7. The summed E-state index contributed by atoms with van der Waals surface area (Å²) in [5.41, 5.74) is 23.5. The molecule has 4 rings (SSSR count). The lowest BCUT2D eigenvalue weighted by atomic mass is 9.72. The van der Waals surface area contributed by atoms with Crippen molar-refractivity contribution in [3.05, 3.63) is 259 Å². The van der Waals surface area contributed by atoms with Gasteiger partial charge in [-0.25, -0.2) is 0 Å². The number of allylic oxidation sites excluding steroid dienone is 44. The van der Waals surface area contributed by atoms with Gasteiger partial charge in [-0.05, 0) is 204 Å². The van der Waals surface area contributed by atoms with E-state index >= 15 is 0 Å². The molecule has 0 fully saturated rings. The normalized spacial score (nSPS) is 21.9. The third kappa shape index (κ3) is 25.4. The minimum Gasteiger partial charge on any atom is -0.0696 e. The van der Waals surface area contributed by atoms with Crippen LogP contribution in [0.3, 0.4) is 0 Å². The first kappa shape index (κ1) is 68.6. The van der Waals surface area contributed by atoms with Crippen molar-refractivity contribution in [2.75, 3.05) is 0 Å². The second-order valence-corrected chi connectivity index (χ2v) is 26.6. The van der Waals surface area contributed by atoms with E-state index in [1.54, 1.807) is 22.3 Å². The fourth-order valence-corrected chi connectivity index (χ4v) is 11.6. The highest BCUT2D eigenvalue weighted by atomic mass is 14.3. The number of hydrogen-bond donors (Lipinski definition) is 0. The van der Waals surface area contributed by atoms with Gasteiger partial charge in [0.05, 0.1) is 0 Å². The molecule has 0 aromatic rings. The maximum absolute atomic E-state index is 2.37. The Morgan fingerprint density at radius 2 is 0.412 bits per heavy atom. The molecule has 432 valence electrons. The van der Waals surface area contributed by atoms with Crippen LogP contribution in [0.15, 0.2) is 259 Å². The molecule has 0 saturated carbocycles. The lowest BCUT2D eigenvalue weighted by molar-refractivity contribution is 0.376. The lowest BCUT2D eigenvalue weighted by Gasteiger charge is -2.33. The first-order valence-corrected chi connectivity index (χ1v) is 30.6. The van der Waals surface area contributed by atoms with Crippen LogP contribution >= 0.6 is 0 Å². The molecule has 0 radical (unpaired) electrons. The summed E-state index contributed by atoms with van der Waals surface area (Å²) in [5, 5.41) is 0. The summed E-state index contributed by atoms with van der Waals surface area (Å²) in [7, 11) is 0. The lowest BCUT2D eigenvalue weighted by Crippen LogP contribution is -2.19. The summed E-state index contributed by atoms with van der Waals surface area (Å²) in [6, 6.07) is 0. The molecular formula is C80H112. The van der Waals surface area contributed by atoms with Crippen molar-refractivity contribution in [2.45, 2.75) is 216 Å². The molecule has 0 atom stereocenters. The molecule has 4 aliphatic rings. The first-order chi connectivity index (χ1) is 37.6. The van der Waals surface area contributed by atoms with Gasteiger partial charge in [0.15, 0.2) is 0 Å². The predicted molar refractivity (Wildman–Crippen MR) is 363 cm³/mol. The van der Waals surface area contributed by atoms with Gasteiger partial charge in [-0.3, -0.25) is 0 Å². The molecule has 0 spiro atoms. The smallest absolute Gasteiger partial charge is 0.0104 e. The van der Waals surface area contributed by atoms with Crippen LogP contribution in [-0.2, 0) is 0 Å². The van der Waals surface area contributed by atoms with Gasteiger partial charge in [0.1, 0.15) is 0 Å². The van der Waals surface area contributed by atoms with Crippen LogP contribution in [-0.4, -0.2) is 0 Å². The van der Waals surface area contributed by atoms with Crippen LogP contribution in [0.2, 0.25) is 0 Å². The average molecular weight is 1070 g/mol. The Morgan fingerprint density at radius 3 is 0.588 bits per heavy atom. The molecule has 0 unspecified atom stereocenters. The minimum absolute atomic E-state index is 0.291. The largest absolute Gasteiger partial charge is 0.0696 e. The van der Waals surface area contributed by atoms with Crippen LogP contribution in [0.5, 0.6) is 0 Å². The van der Waals surface area contributed by atoms with E-state index in [4.69, 9.17) is 0 Å². The third-order valence-corrected chi connectivity index (χ3v) is 16.8. The zero-order valence-electron chi connectivity index (χ0n) is 54.7. The summed E-state index contributed by atoms with van der Waals surface area (Å²) in [6.07, 6.45) is 76.8. The van der Waals surface area contributed by atoms with Gasteiger partial charge in [0.25, 0.3) is 0 Å². The maximum Gasteiger partial charge on any atom is -0.0104 e. The molecule has 80 heavy (non-hydrogen) atoms. The quantitative estimate of drug-likeness (QED) is 0.107. The Morgan fingerprint density at radius 1 is 0.250 bits per heavy atom. The fraction of sp³-hybridized carbons (Fsp3) is 0.450. The minimum atomic E-state index is 0.291. The summed E-state index contributed by atoms with van der Waals surface area (Å²) in [6.45, 7) is 45.4. The van der Waals surface area contributed by atoms with Gasteiger partial charge in [-0.15, -0.1) is 0 Å². The Balaban J connectivity index is 0.000000420. The van der Waals surface area contributed by atoms with Crippen molar-refractivity contribution in [2.24, 2.45) is 21.7 Å². The van der Waals surface area contributed by atoms with E-state index in [9.17, 15) is 0 Å². The Kier molecular flexibility index (Phi) is 29.0. The molecule has 0 heteroatoms. The predicted octanol–water partition coefficient (Wildman–Crippen LogP) is 25.2. The second-order valence-electron chi connectivity index (χ2n) is 26.6. The summed E-state index contributed by atoms with van der Waals surface area (Å²) in [4.78, 5) is 0. The van der Waals surface area contributed by atoms with Gasteiger partial charge in [0.2, 0.25) is 0 Å². The molecule has 0 nitrogen and oxygen atoms in total. The van der Waals surface area contributed by atoms with Crippen molar-refractivity contribution >= 4 is 0 Å². The van der Waals surface area contributed by atoms with Gasteiger partial charge < -0.3 is 0 Å². The maximum atomic E-state index is 2.37. The highest BCUT2D eigenvalue weighted by Crippen LogP contribution is 2.44. The monoisotopic (exact) mass is 1070 g/mol. The summed E-state index contributed by atoms with van der Waals surface area (Å²) in [5.74, 6) is 0. The van der Waals surface area contributed by atoms with E-state index in [1.807, 2.05) is 0 Å². The van der Waals surface area contributed by atoms with Crippen molar-refractivity contribution in [3.8, 4) is 0 Å². The number of hydrogen-bond acceptors (Lipinski definition) is 0. The van der Waals surface area contributed by atoms with Crippen molar-refractivity contribution in [1.29, 1.82) is 0 Å². The van der Waals surface area contributed by atoms with E-state index in [1.165, 1.54) is 144 Å². The van der Waals surface area contributed by atoms with Crippen LogP contribution in [0.1, 0.15) is 216 Å². The highest BCUT2D eigenvalue weighted by Gasteiger charge is 2.29. The first-order valence-electron chi connectivity index (χ1n) is 30.6. The van der Waals surface area contributed by atoms with Gasteiger partial charge in [-0.2, -0.15) is 0 Å². The Hall–Kier alpha value is -5.72. The molecule has 0 aromatic carbocycles. The standard InChI is InChI=1S/2C40H56/c2*1-31(19-13-21-33(3)25-27-37-35(5)23-15-29-39(37,7)8)17-11-12-18-32(2)20-14-22-34(4)26-28-38-36(6)24-16-30-40(38,9)10/h2*11-14,17-22,25-28H,15-16,23-24,29-30H2,1-10H3/b12-11+,19-13+,20-14+,27-25+,28-26+,31-17+,32-18+,33-21+,34-22+;12-11+,19-13+,20-14+,27-25+,28-26+,31-17+,32-18+,33-21-,34-22+. The molecule has 0 aliphatic heterocycles. The van der Waals surface area contributed by atoms with E-state index in [2.05, 4.69) is 309 Å². The molecule has 0 amide bonds. The molecule has 0 aromatic heterocycles. The molecule has 0 N–H and O–H groups in total. The van der Waals surface area contributed by atoms with Crippen molar-refractivity contribution in [3.63, 3.8) is 0 Å². The molecular weight excluding hydrogens is 961 g/mol. The van der Waals surface area contributed by atoms with Crippen LogP contribution < -0.4 is 0 Å². The van der Waals surface area contributed by atoms with Crippen LogP contribution in [0.4, 0.5) is 0 Å². The SMILES string of the molecule is CC1=C(/C=C/C(C)=C/C=C/C(C)=C/C=C/C=C(C)/C=C/C=C(C)/C=C/C2=C(C)CCCC2(C)C)C(C)(C)CCC1.CC1=C(/C=C/C(C)=C\C=C\C(C)=C\C=C\C=C(C)\C=C\C=C(C)\C=C\C2=C(C)CCCC2(C)C)C(C)(C)CCC1. The van der Waals surface area contributed by atoms with E-state index < -0.39 is 0 Å². The van der Waals surface area contributed by atoms with Gasteiger partial charge in [-0.1, -0.05) is 292 Å². The zero-order chi connectivity index (χ0) is 59.5. The topological polar surface area (TPSA) is 0 Å².